The highest BCUT2D eigenvalue weighted by molar-refractivity contribution is 7.89. The van der Waals surface area contributed by atoms with Gasteiger partial charge in [0.25, 0.3) is 0 Å². The molecule has 0 amide bonds. The number of nitrogens with one attached hydrogen (secondary N) is 2. The van der Waals surface area contributed by atoms with Gasteiger partial charge in [-0.3, -0.25) is 0 Å². The number of rotatable bonds is 6. The van der Waals surface area contributed by atoms with Crippen LogP contribution in [0.1, 0.15) is 24.8 Å². The Kier molecular flexibility index (Phi) is 5.03. The zero-order chi connectivity index (χ0) is 16.4. The predicted molar refractivity (Wildman–Crippen MR) is 86.7 cm³/mol. The Morgan fingerprint density at radius 3 is 2.57 bits per heavy atom. The first-order valence-electron chi connectivity index (χ1n) is 8.08. The second-order valence-corrected chi connectivity index (χ2v) is 8.20. The molecule has 7 heteroatoms. The van der Waals surface area contributed by atoms with Crippen LogP contribution < -0.4 is 10.0 Å². The summed E-state index contributed by atoms with van der Waals surface area (Å²) in [6.07, 6.45) is 2.27. The van der Waals surface area contributed by atoms with Crippen molar-refractivity contribution in [3.63, 3.8) is 0 Å². The summed E-state index contributed by atoms with van der Waals surface area (Å²) < 4.78 is 32.6. The molecule has 0 bridgehead atoms. The maximum Gasteiger partial charge on any atom is 0.240 e. The third-order valence-electron chi connectivity index (χ3n) is 4.64. The van der Waals surface area contributed by atoms with Crippen LogP contribution in [0, 0.1) is 6.92 Å². The fourth-order valence-corrected chi connectivity index (χ4v) is 3.92. The van der Waals surface area contributed by atoms with E-state index < -0.39 is 22.2 Å². The van der Waals surface area contributed by atoms with Gasteiger partial charge >= 0.3 is 0 Å². The van der Waals surface area contributed by atoms with E-state index in [1.165, 1.54) is 6.42 Å². The monoisotopic (exact) mass is 340 g/mol. The van der Waals surface area contributed by atoms with Gasteiger partial charge in [-0.15, -0.1) is 0 Å². The summed E-state index contributed by atoms with van der Waals surface area (Å²) in [5, 5.41) is 13.7. The zero-order valence-electron chi connectivity index (χ0n) is 13.2. The molecule has 6 nitrogen and oxygen atoms in total. The zero-order valence-corrected chi connectivity index (χ0v) is 14.1. The number of hydrogen-bond acceptors (Lipinski definition) is 5. The van der Waals surface area contributed by atoms with Crippen LogP contribution in [0.5, 0.6) is 0 Å². The molecule has 0 spiro atoms. The van der Waals surface area contributed by atoms with Gasteiger partial charge in [0.2, 0.25) is 10.0 Å². The lowest BCUT2D eigenvalue weighted by Crippen LogP contribution is -2.50. The minimum Gasteiger partial charge on any atom is -0.389 e. The standard InChI is InChI=1S/C16H24N2O4S/c1-11-5-7-13(8-6-11)23(20,21)17-9-15-16(19)14(10-22-15)18-12-3-2-4-12/h5-8,12,14-19H,2-4,9-10H2,1H3/t14-,15-,16+/m1/s1. The van der Waals surface area contributed by atoms with E-state index in [2.05, 4.69) is 10.0 Å². The summed E-state index contributed by atoms with van der Waals surface area (Å²) >= 11 is 0. The molecular formula is C16H24N2O4S. The van der Waals surface area contributed by atoms with Gasteiger partial charge in [0.05, 0.1) is 29.8 Å². The summed E-state index contributed by atoms with van der Waals surface area (Å²) in [7, 11) is -3.58. The van der Waals surface area contributed by atoms with E-state index in [0.29, 0.717) is 12.6 Å². The molecule has 1 aromatic rings. The second kappa shape index (κ2) is 6.86. The largest absolute Gasteiger partial charge is 0.389 e. The lowest BCUT2D eigenvalue weighted by Gasteiger charge is -2.30. The van der Waals surface area contributed by atoms with Crippen LogP contribution in [0.2, 0.25) is 0 Å². The van der Waals surface area contributed by atoms with Crippen LogP contribution in [0.15, 0.2) is 29.2 Å². The predicted octanol–water partition coefficient (Wildman–Crippen LogP) is 0.544. The Morgan fingerprint density at radius 2 is 1.96 bits per heavy atom. The number of hydrogen-bond donors (Lipinski definition) is 3. The van der Waals surface area contributed by atoms with Gasteiger partial charge in [-0.2, -0.15) is 0 Å². The van der Waals surface area contributed by atoms with Crippen molar-refractivity contribution in [2.75, 3.05) is 13.2 Å². The van der Waals surface area contributed by atoms with Gasteiger partial charge < -0.3 is 15.2 Å². The molecule has 1 saturated heterocycles. The van der Waals surface area contributed by atoms with Gasteiger partial charge in [0.1, 0.15) is 0 Å². The number of aliphatic hydroxyl groups excluding tert-OH is 1. The molecule has 1 heterocycles. The van der Waals surface area contributed by atoms with E-state index >= 15 is 0 Å². The van der Waals surface area contributed by atoms with E-state index in [-0.39, 0.29) is 17.5 Å². The average Bonchev–Trinajstić information content (AvgIpc) is 2.82. The average molecular weight is 340 g/mol. The fourth-order valence-electron chi connectivity index (χ4n) is 2.88. The minimum absolute atomic E-state index is 0.0697. The highest BCUT2D eigenvalue weighted by atomic mass is 32.2. The molecule has 3 rings (SSSR count). The van der Waals surface area contributed by atoms with Crippen LogP contribution in [0.25, 0.3) is 0 Å². The molecule has 1 saturated carbocycles. The molecule has 2 aliphatic rings. The van der Waals surface area contributed by atoms with E-state index in [0.717, 1.165) is 18.4 Å². The molecule has 3 atom stereocenters. The van der Waals surface area contributed by atoms with Crippen molar-refractivity contribution in [3.8, 4) is 0 Å². The quantitative estimate of drug-likeness (QED) is 0.704. The smallest absolute Gasteiger partial charge is 0.240 e. The molecule has 0 unspecified atom stereocenters. The maximum absolute atomic E-state index is 12.3. The van der Waals surface area contributed by atoms with Crippen LogP contribution in [-0.2, 0) is 14.8 Å². The highest BCUT2D eigenvalue weighted by Gasteiger charge is 2.38. The first kappa shape index (κ1) is 16.9. The molecular weight excluding hydrogens is 316 g/mol. The topological polar surface area (TPSA) is 87.7 Å². The second-order valence-electron chi connectivity index (χ2n) is 6.43. The summed E-state index contributed by atoms with van der Waals surface area (Å²) in [6.45, 7) is 2.39. The highest BCUT2D eigenvalue weighted by Crippen LogP contribution is 2.22. The normalized spacial score (nSPS) is 28.7. The number of ether oxygens (including phenoxy) is 1. The van der Waals surface area contributed by atoms with Gasteiger partial charge in [0.15, 0.2) is 0 Å². The van der Waals surface area contributed by atoms with Crippen LogP contribution in [0.4, 0.5) is 0 Å². The van der Waals surface area contributed by atoms with Crippen molar-refractivity contribution in [2.45, 2.75) is 55.4 Å². The van der Waals surface area contributed by atoms with Gasteiger partial charge in [0, 0.05) is 12.6 Å². The van der Waals surface area contributed by atoms with Crippen molar-refractivity contribution in [2.24, 2.45) is 0 Å². The van der Waals surface area contributed by atoms with Crippen LogP contribution in [0.3, 0.4) is 0 Å². The molecule has 2 fully saturated rings. The molecule has 1 aliphatic carbocycles. The van der Waals surface area contributed by atoms with Gasteiger partial charge in [-0.25, -0.2) is 13.1 Å². The summed E-state index contributed by atoms with van der Waals surface area (Å²) in [4.78, 5) is 0.222. The Hall–Kier alpha value is -0.990. The molecule has 1 aromatic carbocycles. The lowest BCUT2D eigenvalue weighted by molar-refractivity contribution is 0.0436. The number of sulfonamides is 1. The fraction of sp³-hybridized carbons (Fsp3) is 0.625. The molecule has 0 aromatic heterocycles. The summed E-state index contributed by atoms with van der Waals surface area (Å²) in [5.74, 6) is 0. The van der Waals surface area contributed by atoms with Crippen molar-refractivity contribution in [1.82, 2.24) is 10.0 Å². The number of aryl methyl sites for hydroxylation is 1. The molecule has 3 N–H and O–H groups in total. The van der Waals surface area contributed by atoms with Crippen LogP contribution in [-0.4, -0.2) is 51.0 Å². The van der Waals surface area contributed by atoms with E-state index in [1.54, 1.807) is 24.3 Å². The van der Waals surface area contributed by atoms with Crippen molar-refractivity contribution in [1.29, 1.82) is 0 Å². The van der Waals surface area contributed by atoms with Crippen molar-refractivity contribution < 1.29 is 18.3 Å². The van der Waals surface area contributed by atoms with Crippen molar-refractivity contribution in [3.05, 3.63) is 29.8 Å². The lowest BCUT2D eigenvalue weighted by atomic mass is 9.92. The van der Waals surface area contributed by atoms with E-state index in [9.17, 15) is 13.5 Å². The third kappa shape index (κ3) is 3.92. The maximum atomic E-state index is 12.3. The van der Waals surface area contributed by atoms with Gasteiger partial charge in [-0.05, 0) is 31.9 Å². The van der Waals surface area contributed by atoms with E-state index in [1.807, 2.05) is 6.92 Å². The Bertz CT molecular complexity index is 628. The molecule has 23 heavy (non-hydrogen) atoms. The first-order valence-corrected chi connectivity index (χ1v) is 9.56. The van der Waals surface area contributed by atoms with E-state index in [4.69, 9.17) is 4.74 Å². The summed E-state index contributed by atoms with van der Waals surface area (Å²) in [5.41, 5.74) is 1.00. The van der Waals surface area contributed by atoms with Gasteiger partial charge in [-0.1, -0.05) is 24.1 Å². The molecule has 128 valence electrons. The molecule has 1 aliphatic heterocycles. The third-order valence-corrected chi connectivity index (χ3v) is 6.08. The Balaban J connectivity index is 1.54. The Labute approximate surface area is 137 Å². The first-order chi connectivity index (χ1) is 11.0. The summed E-state index contributed by atoms with van der Waals surface area (Å²) in [6, 6.07) is 7.01. The molecule has 0 radical (unpaired) electrons. The SMILES string of the molecule is Cc1ccc(S(=O)(=O)NC[C@H]2OC[C@@H](NC3CCC3)[C@@H]2O)cc1. The number of benzene rings is 1. The van der Waals surface area contributed by atoms with Crippen LogP contribution >= 0.6 is 0 Å². The number of aliphatic hydroxyl groups is 1. The Morgan fingerprint density at radius 1 is 1.26 bits per heavy atom. The minimum atomic E-state index is -3.58. The van der Waals surface area contributed by atoms with Crippen molar-refractivity contribution >= 4 is 10.0 Å².